The Morgan fingerprint density at radius 1 is 0.852 bits per heavy atom. The van der Waals surface area contributed by atoms with Gasteiger partial charge in [0, 0.05) is 45.8 Å². The predicted octanol–water partition coefficient (Wildman–Crippen LogP) is 5.11. The van der Waals surface area contributed by atoms with Crippen LogP contribution in [-0.2, 0) is 6.42 Å². The fraction of sp³-hybridized carbons (Fsp3) is 0.0870. The van der Waals surface area contributed by atoms with Crippen LogP contribution in [0.2, 0.25) is 0 Å². The molecule has 0 radical (unpaired) electrons. The molecule has 0 saturated carbocycles. The minimum absolute atomic E-state index is 0.787. The lowest BCUT2D eigenvalue weighted by Gasteiger charge is -2.04. The zero-order valence-electron chi connectivity index (χ0n) is 14.9. The predicted molar refractivity (Wildman–Crippen MR) is 114 cm³/mol. The van der Waals surface area contributed by atoms with Gasteiger partial charge < -0.3 is 16.0 Å². The van der Waals surface area contributed by atoms with E-state index >= 15 is 0 Å². The molecule has 0 bridgehead atoms. The Labute approximate surface area is 157 Å². The van der Waals surface area contributed by atoms with E-state index in [1.54, 1.807) is 6.20 Å². The van der Waals surface area contributed by atoms with Crippen molar-refractivity contribution in [3.63, 3.8) is 0 Å². The van der Waals surface area contributed by atoms with E-state index in [2.05, 4.69) is 51.7 Å². The largest absolute Gasteiger partial charge is 0.399 e. The van der Waals surface area contributed by atoms with Gasteiger partial charge >= 0.3 is 0 Å². The topological polar surface area (TPSA) is 66.7 Å². The van der Waals surface area contributed by atoms with Crippen LogP contribution in [0.25, 0.3) is 32.6 Å². The minimum atomic E-state index is 0.787. The number of pyridine rings is 1. The van der Waals surface area contributed by atoms with E-state index in [0.29, 0.717) is 0 Å². The summed E-state index contributed by atoms with van der Waals surface area (Å²) in [5.74, 6) is 0. The van der Waals surface area contributed by atoms with Crippen LogP contribution >= 0.6 is 0 Å². The Morgan fingerprint density at radius 3 is 2.74 bits per heavy atom. The Kier molecular flexibility index (Phi) is 3.68. The van der Waals surface area contributed by atoms with Crippen molar-refractivity contribution in [2.45, 2.75) is 6.42 Å². The van der Waals surface area contributed by atoms with Crippen LogP contribution in [0, 0.1) is 0 Å². The summed E-state index contributed by atoms with van der Waals surface area (Å²) in [6, 6.07) is 20.8. The molecule has 6 rings (SSSR count). The first-order valence-electron chi connectivity index (χ1n) is 9.15. The summed E-state index contributed by atoms with van der Waals surface area (Å²) in [6.45, 7) is 1.09. The zero-order chi connectivity index (χ0) is 18.2. The average Bonchev–Trinajstić information content (AvgIpc) is 3.33. The summed E-state index contributed by atoms with van der Waals surface area (Å²) in [6.07, 6.45) is 4.78. The third-order valence-electron chi connectivity index (χ3n) is 5.14. The third-order valence-corrected chi connectivity index (χ3v) is 5.14. The Bertz CT molecular complexity index is 1270. The van der Waals surface area contributed by atoms with Crippen molar-refractivity contribution in [1.29, 1.82) is 0 Å². The van der Waals surface area contributed by atoms with Crippen LogP contribution < -0.4 is 11.1 Å². The highest BCUT2D eigenvalue weighted by Crippen LogP contribution is 2.31. The van der Waals surface area contributed by atoms with E-state index in [-0.39, 0.29) is 0 Å². The Hall–Kier alpha value is -3.53. The number of aromatic nitrogens is 2. The Morgan fingerprint density at radius 2 is 1.78 bits per heavy atom. The van der Waals surface area contributed by atoms with Crippen LogP contribution in [0.15, 0.2) is 73.1 Å². The molecule has 4 nitrogen and oxygen atoms in total. The number of fused-ring (bicyclic) bond motifs is 6. The van der Waals surface area contributed by atoms with E-state index in [9.17, 15) is 0 Å². The average molecular weight is 352 g/mol. The second-order valence-corrected chi connectivity index (χ2v) is 6.85. The van der Waals surface area contributed by atoms with E-state index in [0.717, 1.165) is 28.7 Å². The molecule has 1 aliphatic rings. The number of nitrogen functional groups attached to an aromatic ring is 1. The number of benzene rings is 3. The van der Waals surface area contributed by atoms with Crippen LogP contribution in [-0.4, -0.2) is 16.5 Å². The van der Waals surface area contributed by atoms with E-state index < -0.39 is 0 Å². The summed E-state index contributed by atoms with van der Waals surface area (Å²) in [4.78, 5) is 7.36. The van der Waals surface area contributed by atoms with Crippen molar-refractivity contribution < 1.29 is 0 Å². The van der Waals surface area contributed by atoms with Gasteiger partial charge in [0.1, 0.15) is 0 Å². The first-order chi connectivity index (χ1) is 13.3. The van der Waals surface area contributed by atoms with Gasteiger partial charge in [-0.3, -0.25) is 4.98 Å². The van der Waals surface area contributed by atoms with E-state index in [4.69, 9.17) is 5.73 Å². The van der Waals surface area contributed by atoms with Gasteiger partial charge in [-0.15, -0.1) is 0 Å². The molecule has 27 heavy (non-hydrogen) atoms. The maximum Gasteiger partial charge on any atom is 0.0651 e. The number of nitrogens with one attached hydrogen (secondary N) is 2. The number of aromatic amines is 1. The molecule has 0 aliphatic carbocycles. The van der Waals surface area contributed by atoms with Crippen LogP contribution in [0.3, 0.4) is 0 Å². The van der Waals surface area contributed by atoms with Gasteiger partial charge in [0.25, 0.3) is 0 Å². The summed E-state index contributed by atoms with van der Waals surface area (Å²) >= 11 is 0. The third kappa shape index (κ3) is 2.75. The quantitative estimate of drug-likeness (QED) is 0.339. The summed E-state index contributed by atoms with van der Waals surface area (Å²) < 4.78 is 0. The monoisotopic (exact) mass is 352 g/mol. The minimum Gasteiger partial charge on any atom is -0.399 e. The van der Waals surface area contributed by atoms with Gasteiger partial charge in [0.2, 0.25) is 0 Å². The van der Waals surface area contributed by atoms with Gasteiger partial charge in [-0.1, -0.05) is 36.4 Å². The highest BCUT2D eigenvalue weighted by Gasteiger charge is 2.11. The van der Waals surface area contributed by atoms with E-state index in [1.165, 1.54) is 33.8 Å². The van der Waals surface area contributed by atoms with Crippen molar-refractivity contribution in [3.8, 4) is 0 Å². The lowest BCUT2D eigenvalue weighted by atomic mass is 10.0. The lowest BCUT2D eigenvalue weighted by Crippen LogP contribution is -1.91. The van der Waals surface area contributed by atoms with Gasteiger partial charge in [0.05, 0.1) is 11.7 Å². The number of nitrogens with zero attached hydrogens (tertiary/aromatic N) is 1. The normalized spacial score (nSPS) is 12.6. The summed E-state index contributed by atoms with van der Waals surface area (Å²) in [7, 11) is 0. The molecular formula is C23H20N4. The second kappa shape index (κ2) is 6.32. The molecule has 132 valence electrons. The number of nitrogens with two attached hydrogens (primary N) is 1. The van der Waals surface area contributed by atoms with Crippen molar-refractivity contribution in [1.82, 2.24) is 9.97 Å². The second-order valence-electron chi connectivity index (χ2n) is 6.85. The van der Waals surface area contributed by atoms with Gasteiger partial charge in [-0.25, -0.2) is 0 Å². The van der Waals surface area contributed by atoms with Crippen LogP contribution in [0.4, 0.5) is 11.4 Å². The molecule has 3 aromatic carbocycles. The van der Waals surface area contributed by atoms with Gasteiger partial charge in [-0.05, 0) is 41.6 Å². The first-order valence-corrected chi connectivity index (χ1v) is 9.15. The van der Waals surface area contributed by atoms with Crippen molar-refractivity contribution >= 4 is 44.0 Å². The highest BCUT2D eigenvalue weighted by atomic mass is 14.9. The van der Waals surface area contributed by atoms with Gasteiger partial charge in [-0.2, -0.15) is 0 Å². The molecule has 0 unspecified atom stereocenters. The molecule has 0 amide bonds. The maximum atomic E-state index is 5.74. The molecule has 0 atom stereocenters. The van der Waals surface area contributed by atoms with Crippen LogP contribution in [0.5, 0.6) is 0 Å². The molecule has 2 aromatic heterocycles. The number of rotatable bonds is 0. The van der Waals surface area contributed by atoms with Crippen molar-refractivity contribution in [2.24, 2.45) is 0 Å². The van der Waals surface area contributed by atoms with Crippen LogP contribution in [0.1, 0.15) is 5.56 Å². The standard InChI is InChI=1S/C12H11N.C11H9N3/c1-2-4-11-9(3-1)5-6-10-7-8-13-12(10)11;12-7-1-2-10-9(5-7)8-3-4-13-6-11(8)14-10/h1-6,13H,7-8H2;1-6,14H,12H2. The number of hydrogen-bond donors (Lipinski definition) is 3. The molecule has 0 saturated heterocycles. The summed E-state index contributed by atoms with van der Waals surface area (Å²) in [5.41, 5.74) is 11.5. The molecule has 3 heterocycles. The lowest BCUT2D eigenvalue weighted by molar-refractivity contribution is 1.11. The van der Waals surface area contributed by atoms with Gasteiger partial charge in [0.15, 0.2) is 0 Å². The zero-order valence-corrected chi connectivity index (χ0v) is 14.9. The molecule has 4 heteroatoms. The number of anilines is 2. The molecule has 0 fully saturated rings. The molecule has 0 spiro atoms. The smallest absolute Gasteiger partial charge is 0.0651 e. The van der Waals surface area contributed by atoms with E-state index in [1.807, 2.05) is 30.5 Å². The molecular weight excluding hydrogens is 332 g/mol. The fourth-order valence-electron chi connectivity index (χ4n) is 3.82. The molecule has 4 N–H and O–H groups in total. The SMILES string of the molecule is Nc1ccc2[nH]c3cnccc3c2c1.c1ccc2c3c(ccc2c1)CCN3. The molecule has 1 aliphatic heterocycles. The highest BCUT2D eigenvalue weighted by molar-refractivity contribution is 6.07. The fourth-order valence-corrected chi connectivity index (χ4v) is 3.82. The number of hydrogen-bond acceptors (Lipinski definition) is 3. The maximum absolute atomic E-state index is 5.74. The van der Waals surface area contributed by atoms with Crippen molar-refractivity contribution in [2.75, 3.05) is 17.6 Å². The van der Waals surface area contributed by atoms with Crippen molar-refractivity contribution in [3.05, 3.63) is 78.6 Å². The number of H-pyrrole nitrogens is 1. The molecule has 5 aromatic rings. The Balaban J connectivity index is 0.000000119. The summed E-state index contributed by atoms with van der Waals surface area (Å²) in [5, 5.41) is 8.46. The first kappa shape index (κ1) is 15.7.